The third kappa shape index (κ3) is 4.15. The fraction of sp³-hybridized carbons (Fsp3) is 0.571. The summed E-state index contributed by atoms with van der Waals surface area (Å²) in [4.78, 5) is 0. The Labute approximate surface area is 104 Å². The molecular weight excluding hydrogens is 218 g/mol. The second kappa shape index (κ2) is 6.93. The Balaban J connectivity index is 2.63. The van der Waals surface area contributed by atoms with Crippen LogP contribution in [0.15, 0.2) is 24.3 Å². The monoisotopic (exact) mass is 239 g/mol. The van der Waals surface area contributed by atoms with Gasteiger partial charge in [-0.2, -0.15) is 0 Å². The first-order valence-corrected chi connectivity index (χ1v) is 6.50. The van der Waals surface area contributed by atoms with E-state index in [4.69, 9.17) is 17.3 Å². The molecule has 0 radical (unpaired) electrons. The molecule has 0 spiro atoms. The molecule has 2 atom stereocenters. The molecular formula is C14H22ClN. The van der Waals surface area contributed by atoms with Crippen LogP contribution < -0.4 is 5.73 Å². The van der Waals surface area contributed by atoms with Gasteiger partial charge in [-0.3, -0.25) is 0 Å². The Morgan fingerprint density at radius 3 is 2.38 bits per heavy atom. The van der Waals surface area contributed by atoms with E-state index in [1.165, 1.54) is 24.8 Å². The molecule has 0 bridgehead atoms. The molecule has 2 N–H and O–H groups in total. The Morgan fingerprint density at radius 2 is 1.88 bits per heavy atom. The molecule has 0 aliphatic carbocycles. The highest BCUT2D eigenvalue weighted by molar-refractivity contribution is 6.30. The summed E-state index contributed by atoms with van der Waals surface area (Å²) < 4.78 is 0. The van der Waals surface area contributed by atoms with Gasteiger partial charge in [0.2, 0.25) is 0 Å². The van der Waals surface area contributed by atoms with Crippen molar-refractivity contribution in [2.45, 2.75) is 39.0 Å². The van der Waals surface area contributed by atoms with E-state index in [-0.39, 0.29) is 0 Å². The van der Waals surface area contributed by atoms with E-state index in [1.807, 2.05) is 12.1 Å². The van der Waals surface area contributed by atoms with E-state index in [1.54, 1.807) is 0 Å². The Kier molecular flexibility index (Phi) is 5.86. The molecule has 1 aromatic rings. The van der Waals surface area contributed by atoms with E-state index >= 15 is 0 Å². The number of benzene rings is 1. The van der Waals surface area contributed by atoms with Gasteiger partial charge in [0.15, 0.2) is 0 Å². The predicted octanol–water partition coefficient (Wildman–Crippen LogP) is 4.21. The van der Waals surface area contributed by atoms with Crippen molar-refractivity contribution in [3.8, 4) is 0 Å². The number of rotatable bonds is 6. The smallest absolute Gasteiger partial charge is 0.0406 e. The second-order valence-corrected chi connectivity index (χ2v) is 5.05. The summed E-state index contributed by atoms with van der Waals surface area (Å²) in [5, 5.41) is 0.793. The van der Waals surface area contributed by atoms with Gasteiger partial charge in [-0.1, -0.05) is 50.4 Å². The van der Waals surface area contributed by atoms with E-state index in [9.17, 15) is 0 Å². The van der Waals surface area contributed by atoms with Gasteiger partial charge in [-0.15, -0.1) is 0 Å². The molecule has 0 saturated heterocycles. The van der Waals surface area contributed by atoms with E-state index in [2.05, 4.69) is 26.0 Å². The van der Waals surface area contributed by atoms with Crippen LogP contribution in [0.3, 0.4) is 0 Å². The maximum atomic E-state index is 5.88. The normalized spacial score (nSPS) is 14.8. The van der Waals surface area contributed by atoms with Crippen LogP contribution in [0.25, 0.3) is 0 Å². The lowest BCUT2D eigenvalue weighted by atomic mass is 9.88. The number of halogens is 1. The van der Waals surface area contributed by atoms with Gasteiger partial charge in [0.25, 0.3) is 0 Å². The minimum absolute atomic E-state index is 0.471. The molecule has 0 fully saturated rings. The summed E-state index contributed by atoms with van der Waals surface area (Å²) in [6.07, 6.45) is 3.70. The molecule has 2 heteroatoms. The lowest BCUT2D eigenvalue weighted by Gasteiger charge is -2.19. The zero-order valence-electron chi connectivity index (χ0n) is 10.2. The van der Waals surface area contributed by atoms with Gasteiger partial charge in [-0.25, -0.2) is 0 Å². The molecule has 1 nitrogen and oxygen atoms in total. The van der Waals surface area contributed by atoms with Crippen molar-refractivity contribution in [1.29, 1.82) is 0 Å². The standard InChI is InChI=1S/C14H22ClN/c1-3-4-11(2)9-13(10-16)12-5-7-14(15)8-6-12/h5-8,11,13H,3-4,9-10,16H2,1-2H3. The van der Waals surface area contributed by atoms with Crippen molar-refractivity contribution in [1.82, 2.24) is 0 Å². The average Bonchev–Trinajstić information content (AvgIpc) is 2.27. The zero-order valence-corrected chi connectivity index (χ0v) is 11.0. The highest BCUT2D eigenvalue weighted by Crippen LogP contribution is 2.26. The van der Waals surface area contributed by atoms with Crippen LogP contribution >= 0.6 is 11.6 Å². The third-order valence-electron chi connectivity index (χ3n) is 3.09. The molecule has 0 heterocycles. The highest BCUT2D eigenvalue weighted by atomic mass is 35.5. The summed E-state index contributed by atoms with van der Waals surface area (Å²) >= 11 is 5.88. The van der Waals surface area contributed by atoms with Crippen molar-refractivity contribution < 1.29 is 0 Å². The topological polar surface area (TPSA) is 26.0 Å². The molecule has 90 valence electrons. The van der Waals surface area contributed by atoms with Crippen LogP contribution in [0.5, 0.6) is 0 Å². The van der Waals surface area contributed by atoms with Crippen LogP contribution in [0, 0.1) is 5.92 Å². The van der Waals surface area contributed by atoms with Crippen LogP contribution in [0.4, 0.5) is 0 Å². The van der Waals surface area contributed by atoms with E-state index in [0.717, 1.165) is 17.5 Å². The highest BCUT2D eigenvalue weighted by Gasteiger charge is 2.13. The summed E-state index contributed by atoms with van der Waals surface area (Å²) in [5.74, 6) is 1.22. The molecule has 0 aromatic heterocycles. The molecule has 0 saturated carbocycles. The van der Waals surface area contributed by atoms with Crippen molar-refractivity contribution in [3.05, 3.63) is 34.9 Å². The quantitative estimate of drug-likeness (QED) is 0.791. The lowest BCUT2D eigenvalue weighted by molar-refractivity contribution is 0.438. The fourth-order valence-corrected chi connectivity index (χ4v) is 2.33. The minimum atomic E-state index is 0.471. The summed E-state index contributed by atoms with van der Waals surface area (Å²) in [5.41, 5.74) is 7.17. The number of hydrogen-bond acceptors (Lipinski definition) is 1. The first kappa shape index (κ1) is 13.5. The molecule has 0 aliphatic rings. The summed E-state index contributed by atoms with van der Waals surface area (Å²) in [7, 11) is 0. The molecule has 0 amide bonds. The fourth-order valence-electron chi connectivity index (χ4n) is 2.20. The zero-order chi connectivity index (χ0) is 12.0. The van der Waals surface area contributed by atoms with Crippen molar-refractivity contribution in [3.63, 3.8) is 0 Å². The first-order chi connectivity index (χ1) is 7.67. The van der Waals surface area contributed by atoms with Gasteiger partial charge in [-0.05, 0) is 42.5 Å². The summed E-state index contributed by atoms with van der Waals surface area (Å²) in [6.45, 7) is 5.26. The number of hydrogen-bond donors (Lipinski definition) is 1. The van der Waals surface area contributed by atoms with Gasteiger partial charge >= 0.3 is 0 Å². The maximum Gasteiger partial charge on any atom is 0.0406 e. The Hall–Kier alpha value is -0.530. The number of nitrogens with two attached hydrogens (primary N) is 1. The molecule has 1 aromatic carbocycles. The first-order valence-electron chi connectivity index (χ1n) is 6.12. The molecule has 16 heavy (non-hydrogen) atoms. The van der Waals surface area contributed by atoms with Gasteiger partial charge in [0, 0.05) is 5.02 Å². The van der Waals surface area contributed by atoms with Crippen molar-refractivity contribution >= 4 is 11.6 Å². The Bertz CT molecular complexity index is 294. The maximum absolute atomic E-state index is 5.88. The lowest BCUT2D eigenvalue weighted by Crippen LogP contribution is -2.15. The van der Waals surface area contributed by atoms with Gasteiger partial charge in [0.05, 0.1) is 0 Å². The van der Waals surface area contributed by atoms with Crippen molar-refractivity contribution in [2.24, 2.45) is 11.7 Å². The molecule has 0 aliphatic heterocycles. The van der Waals surface area contributed by atoms with E-state index < -0.39 is 0 Å². The minimum Gasteiger partial charge on any atom is -0.330 e. The average molecular weight is 240 g/mol. The predicted molar refractivity (Wildman–Crippen MR) is 71.9 cm³/mol. The summed E-state index contributed by atoms with van der Waals surface area (Å²) in [6, 6.07) is 8.09. The molecule has 1 rings (SSSR count). The van der Waals surface area contributed by atoms with Crippen LogP contribution in [0.1, 0.15) is 44.6 Å². The molecule has 2 unspecified atom stereocenters. The van der Waals surface area contributed by atoms with E-state index in [0.29, 0.717) is 5.92 Å². The van der Waals surface area contributed by atoms with Crippen LogP contribution in [-0.2, 0) is 0 Å². The van der Waals surface area contributed by atoms with Gasteiger partial charge in [0.1, 0.15) is 0 Å². The second-order valence-electron chi connectivity index (χ2n) is 4.61. The third-order valence-corrected chi connectivity index (χ3v) is 3.35. The van der Waals surface area contributed by atoms with Gasteiger partial charge < -0.3 is 5.73 Å². The van der Waals surface area contributed by atoms with Crippen LogP contribution in [0.2, 0.25) is 5.02 Å². The van der Waals surface area contributed by atoms with Crippen LogP contribution in [-0.4, -0.2) is 6.54 Å². The van der Waals surface area contributed by atoms with Crippen molar-refractivity contribution in [2.75, 3.05) is 6.54 Å². The SMILES string of the molecule is CCCC(C)CC(CN)c1ccc(Cl)cc1. The largest absolute Gasteiger partial charge is 0.330 e. The Morgan fingerprint density at radius 1 is 1.25 bits per heavy atom.